The molecule has 0 amide bonds. The highest BCUT2D eigenvalue weighted by Gasteiger charge is 2.14. The molecule has 0 aliphatic rings. The Morgan fingerprint density at radius 1 is 1.39 bits per heavy atom. The van der Waals surface area contributed by atoms with Crippen LogP contribution in [0.4, 0.5) is 0 Å². The summed E-state index contributed by atoms with van der Waals surface area (Å²) in [5.41, 5.74) is 0.619. The third-order valence-electron chi connectivity index (χ3n) is 2.65. The van der Waals surface area contributed by atoms with Gasteiger partial charge in [0.05, 0.1) is 5.69 Å². The standard InChI is InChI=1S/C12H17N5O/c1-3-6-17-12(14-8-15-17)7-11(18)10-4-5-13-9(2)16-10/h4-5,8,11,18H,3,6-7H2,1-2H3. The first-order valence-corrected chi connectivity index (χ1v) is 6.05. The minimum Gasteiger partial charge on any atom is -0.386 e. The number of nitrogens with zero attached hydrogens (tertiary/aromatic N) is 5. The van der Waals surface area contributed by atoms with E-state index < -0.39 is 6.10 Å². The highest BCUT2D eigenvalue weighted by Crippen LogP contribution is 2.14. The average molecular weight is 247 g/mol. The SMILES string of the molecule is CCCn1ncnc1CC(O)c1ccnc(C)n1. The Morgan fingerprint density at radius 2 is 2.22 bits per heavy atom. The van der Waals surface area contributed by atoms with E-state index in [-0.39, 0.29) is 0 Å². The van der Waals surface area contributed by atoms with E-state index >= 15 is 0 Å². The molecule has 0 saturated heterocycles. The molecule has 6 heteroatoms. The molecular weight excluding hydrogens is 230 g/mol. The fourth-order valence-corrected chi connectivity index (χ4v) is 1.78. The first kappa shape index (κ1) is 12.6. The van der Waals surface area contributed by atoms with Crippen molar-refractivity contribution in [3.63, 3.8) is 0 Å². The monoisotopic (exact) mass is 247 g/mol. The molecule has 2 aromatic rings. The van der Waals surface area contributed by atoms with Crippen LogP contribution in [0.5, 0.6) is 0 Å². The van der Waals surface area contributed by atoms with Gasteiger partial charge in [0.15, 0.2) is 0 Å². The Labute approximate surface area is 106 Å². The lowest BCUT2D eigenvalue weighted by Gasteiger charge is -2.10. The van der Waals surface area contributed by atoms with Crippen molar-refractivity contribution in [1.82, 2.24) is 24.7 Å². The normalized spacial score (nSPS) is 12.6. The highest BCUT2D eigenvalue weighted by atomic mass is 16.3. The van der Waals surface area contributed by atoms with Gasteiger partial charge in [0.1, 0.15) is 24.1 Å². The van der Waals surface area contributed by atoms with E-state index in [1.807, 2.05) is 4.68 Å². The van der Waals surface area contributed by atoms with Crippen LogP contribution in [-0.4, -0.2) is 29.8 Å². The zero-order valence-electron chi connectivity index (χ0n) is 10.6. The van der Waals surface area contributed by atoms with E-state index in [1.165, 1.54) is 6.33 Å². The number of aliphatic hydroxyl groups is 1. The first-order chi connectivity index (χ1) is 8.70. The van der Waals surface area contributed by atoms with Gasteiger partial charge < -0.3 is 5.11 Å². The number of aromatic nitrogens is 5. The summed E-state index contributed by atoms with van der Waals surface area (Å²) in [5, 5.41) is 14.3. The van der Waals surface area contributed by atoms with Gasteiger partial charge in [-0.2, -0.15) is 5.10 Å². The highest BCUT2D eigenvalue weighted by molar-refractivity contribution is 5.07. The topological polar surface area (TPSA) is 76.7 Å². The molecule has 0 saturated carbocycles. The zero-order valence-corrected chi connectivity index (χ0v) is 10.6. The van der Waals surface area contributed by atoms with Crippen LogP contribution >= 0.6 is 0 Å². The lowest BCUT2D eigenvalue weighted by atomic mass is 10.1. The van der Waals surface area contributed by atoms with Gasteiger partial charge in [-0.1, -0.05) is 6.92 Å². The summed E-state index contributed by atoms with van der Waals surface area (Å²) in [6.45, 7) is 4.69. The van der Waals surface area contributed by atoms with Crippen molar-refractivity contribution in [2.24, 2.45) is 0 Å². The number of hydrogen-bond acceptors (Lipinski definition) is 5. The van der Waals surface area contributed by atoms with E-state index in [4.69, 9.17) is 0 Å². The molecule has 0 spiro atoms. The summed E-state index contributed by atoms with van der Waals surface area (Å²) in [5.74, 6) is 1.43. The molecular formula is C12H17N5O. The molecule has 96 valence electrons. The molecule has 2 aromatic heterocycles. The summed E-state index contributed by atoms with van der Waals surface area (Å²) in [6.07, 6.45) is 3.89. The summed E-state index contributed by atoms with van der Waals surface area (Å²) in [7, 11) is 0. The quantitative estimate of drug-likeness (QED) is 0.855. The Balaban J connectivity index is 2.11. The lowest BCUT2D eigenvalue weighted by molar-refractivity contribution is 0.168. The summed E-state index contributed by atoms with van der Waals surface area (Å²) in [6, 6.07) is 1.72. The molecule has 0 radical (unpaired) electrons. The molecule has 0 aliphatic heterocycles. The fraction of sp³-hybridized carbons (Fsp3) is 0.500. The lowest BCUT2D eigenvalue weighted by Crippen LogP contribution is -2.11. The van der Waals surface area contributed by atoms with Crippen LogP contribution in [0.25, 0.3) is 0 Å². The molecule has 1 atom stereocenters. The molecule has 0 bridgehead atoms. The Kier molecular flexibility index (Phi) is 3.99. The van der Waals surface area contributed by atoms with Gasteiger partial charge in [-0.3, -0.25) is 4.68 Å². The summed E-state index contributed by atoms with van der Waals surface area (Å²) < 4.78 is 1.82. The van der Waals surface area contributed by atoms with Gasteiger partial charge in [-0.25, -0.2) is 15.0 Å². The van der Waals surface area contributed by atoms with Crippen molar-refractivity contribution in [2.75, 3.05) is 0 Å². The second-order valence-corrected chi connectivity index (χ2v) is 4.15. The predicted molar refractivity (Wildman–Crippen MR) is 65.7 cm³/mol. The Hall–Kier alpha value is -1.82. The van der Waals surface area contributed by atoms with Gasteiger partial charge in [-0.05, 0) is 19.4 Å². The molecule has 1 N–H and O–H groups in total. The molecule has 6 nitrogen and oxygen atoms in total. The molecule has 2 heterocycles. The minimum atomic E-state index is -0.675. The maximum atomic E-state index is 10.1. The molecule has 2 rings (SSSR count). The van der Waals surface area contributed by atoms with Crippen molar-refractivity contribution >= 4 is 0 Å². The molecule has 0 fully saturated rings. The second-order valence-electron chi connectivity index (χ2n) is 4.15. The maximum Gasteiger partial charge on any atom is 0.138 e. The van der Waals surface area contributed by atoms with E-state index in [9.17, 15) is 5.11 Å². The van der Waals surface area contributed by atoms with Crippen molar-refractivity contribution in [3.8, 4) is 0 Å². The minimum absolute atomic E-state index is 0.413. The largest absolute Gasteiger partial charge is 0.386 e. The molecule has 0 aliphatic carbocycles. The Bertz CT molecular complexity index is 511. The van der Waals surface area contributed by atoms with Crippen molar-refractivity contribution in [1.29, 1.82) is 0 Å². The van der Waals surface area contributed by atoms with Crippen LogP contribution in [0.3, 0.4) is 0 Å². The van der Waals surface area contributed by atoms with Crippen LogP contribution < -0.4 is 0 Å². The van der Waals surface area contributed by atoms with Gasteiger partial charge in [-0.15, -0.1) is 0 Å². The molecule has 1 unspecified atom stereocenters. The zero-order chi connectivity index (χ0) is 13.0. The Morgan fingerprint density at radius 3 is 2.94 bits per heavy atom. The van der Waals surface area contributed by atoms with Gasteiger partial charge in [0.2, 0.25) is 0 Å². The van der Waals surface area contributed by atoms with Crippen molar-refractivity contribution < 1.29 is 5.11 Å². The van der Waals surface area contributed by atoms with E-state index in [0.29, 0.717) is 17.9 Å². The van der Waals surface area contributed by atoms with Crippen LogP contribution in [0.2, 0.25) is 0 Å². The van der Waals surface area contributed by atoms with E-state index in [0.717, 1.165) is 18.8 Å². The maximum absolute atomic E-state index is 10.1. The van der Waals surface area contributed by atoms with Gasteiger partial charge >= 0.3 is 0 Å². The van der Waals surface area contributed by atoms with Crippen molar-refractivity contribution in [2.45, 2.75) is 39.3 Å². The first-order valence-electron chi connectivity index (χ1n) is 6.05. The summed E-state index contributed by atoms with van der Waals surface area (Å²) in [4.78, 5) is 12.4. The van der Waals surface area contributed by atoms with Crippen molar-refractivity contribution in [3.05, 3.63) is 35.9 Å². The molecule has 18 heavy (non-hydrogen) atoms. The van der Waals surface area contributed by atoms with Gasteiger partial charge in [0.25, 0.3) is 0 Å². The van der Waals surface area contributed by atoms with E-state index in [1.54, 1.807) is 19.2 Å². The number of aryl methyl sites for hydroxylation is 2. The number of aliphatic hydroxyl groups excluding tert-OH is 1. The van der Waals surface area contributed by atoms with Crippen LogP contribution in [-0.2, 0) is 13.0 Å². The second kappa shape index (κ2) is 5.68. The van der Waals surface area contributed by atoms with Crippen LogP contribution in [0, 0.1) is 6.92 Å². The number of rotatable bonds is 5. The third kappa shape index (κ3) is 2.89. The third-order valence-corrected chi connectivity index (χ3v) is 2.65. The number of hydrogen-bond donors (Lipinski definition) is 1. The predicted octanol–water partition coefficient (Wildman–Crippen LogP) is 1.06. The van der Waals surface area contributed by atoms with Crippen LogP contribution in [0.1, 0.15) is 36.8 Å². The van der Waals surface area contributed by atoms with Crippen LogP contribution in [0.15, 0.2) is 18.6 Å². The summed E-state index contributed by atoms with van der Waals surface area (Å²) >= 11 is 0. The van der Waals surface area contributed by atoms with E-state index in [2.05, 4.69) is 27.0 Å². The smallest absolute Gasteiger partial charge is 0.138 e. The fourth-order valence-electron chi connectivity index (χ4n) is 1.78. The van der Waals surface area contributed by atoms with Gasteiger partial charge in [0, 0.05) is 19.2 Å². The average Bonchev–Trinajstić information content (AvgIpc) is 2.77. The molecule has 0 aromatic carbocycles.